The lowest BCUT2D eigenvalue weighted by Gasteiger charge is -2.32. The number of nitrogens with one attached hydrogen (secondary N) is 1. The third-order valence-electron chi connectivity index (χ3n) is 5.19. The van der Waals surface area contributed by atoms with E-state index in [0.717, 1.165) is 23.8 Å². The lowest BCUT2D eigenvalue weighted by Crippen LogP contribution is -2.42. The zero-order valence-corrected chi connectivity index (χ0v) is 15.3. The third kappa shape index (κ3) is 3.04. The van der Waals surface area contributed by atoms with Crippen LogP contribution < -0.4 is 5.56 Å². The molecule has 1 unspecified atom stereocenters. The number of amides is 1. The Labute approximate surface area is 159 Å². The number of benzene rings is 1. The van der Waals surface area contributed by atoms with Crippen molar-refractivity contribution < 1.29 is 14.7 Å². The molecule has 3 heterocycles. The Balaban J connectivity index is 1.63. The van der Waals surface area contributed by atoms with E-state index in [1.54, 1.807) is 17.0 Å². The number of carbonyl (C=O) groups is 2. The van der Waals surface area contributed by atoms with E-state index in [9.17, 15) is 14.4 Å². The van der Waals surface area contributed by atoms with Crippen molar-refractivity contribution in [3.63, 3.8) is 0 Å². The van der Waals surface area contributed by atoms with Gasteiger partial charge in [0.25, 0.3) is 11.5 Å². The molecule has 0 bridgehead atoms. The van der Waals surface area contributed by atoms with Crippen molar-refractivity contribution in [1.82, 2.24) is 24.9 Å². The molecule has 1 aliphatic rings. The summed E-state index contributed by atoms with van der Waals surface area (Å²) in [5.41, 5.74) is 0.601. The van der Waals surface area contributed by atoms with Gasteiger partial charge in [-0.3, -0.25) is 9.59 Å². The normalized spacial score (nSPS) is 17.0. The highest BCUT2D eigenvalue weighted by molar-refractivity contribution is 5.99. The van der Waals surface area contributed by atoms with Crippen molar-refractivity contribution in [2.45, 2.75) is 25.8 Å². The van der Waals surface area contributed by atoms with Crippen LogP contribution in [0.3, 0.4) is 0 Å². The molecule has 1 aromatic carbocycles. The number of carbonyl (C=O) groups excluding carboxylic acids is 1. The number of hydrogen-bond acceptors (Lipinski definition) is 5. The van der Waals surface area contributed by atoms with E-state index in [2.05, 4.69) is 15.3 Å². The van der Waals surface area contributed by atoms with Gasteiger partial charge in [-0.05, 0) is 36.8 Å². The fraction of sp³-hybridized carbons (Fsp3) is 0.316. The summed E-state index contributed by atoms with van der Waals surface area (Å²) in [6.45, 7) is 2.75. The Morgan fingerprint density at radius 1 is 1.25 bits per heavy atom. The third-order valence-corrected chi connectivity index (χ3v) is 5.19. The highest BCUT2D eigenvalue weighted by Crippen LogP contribution is 2.24. The van der Waals surface area contributed by atoms with Gasteiger partial charge in [0.05, 0.1) is 12.2 Å². The highest BCUT2D eigenvalue weighted by atomic mass is 16.4. The predicted molar refractivity (Wildman–Crippen MR) is 100 cm³/mol. The topological polar surface area (TPSA) is 121 Å². The van der Waals surface area contributed by atoms with Gasteiger partial charge in [0.15, 0.2) is 5.69 Å². The van der Waals surface area contributed by atoms with Crippen LogP contribution in [0.4, 0.5) is 0 Å². The molecule has 0 aliphatic carbocycles. The standard InChI is InChI=1S/C19H19N5O4/c1-11-13-6-2-3-7-14(13)17(25)20-16(11)18(26)23-8-4-5-12(9-23)24-10-15(19(27)28)21-22-24/h2-3,6-7,10,12H,4-5,8-9H2,1H3,(H,20,25)(H,27,28). The van der Waals surface area contributed by atoms with Crippen LogP contribution in [0.1, 0.15) is 45.4 Å². The first-order valence-corrected chi connectivity index (χ1v) is 9.01. The number of aromatic nitrogens is 4. The number of aromatic amines is 1. The summed E-state index contributed by atoms with van der Waals surface area (Å²) >= 11 is 0. The number of aromatic carboxylic acids is 1. The first kappa shape index (κ1) is 17.9. The molecule has 0 radical (unpaired) electrons. The Bertz CT molecular complexity index is 1130. The minimum Gasteiger partial charge on any atom is -0.476 e. The van der Waals surface area contributed by atoms with Gasteiger partial charge in [0, 0.05) is 18.5 Å². The molecule has 1 aliphatic heterocycles. The molecule has 1 saturated heterocycles. The summed E-state index contributed by atoms with van der Waals surface area (Å²) in [5.74, 6) is -1.39. The molecular weight excluding hydrogens is 362 g/mol. The number of nitrogens with zero attached hydrogens (tertiary/aromatic N) is 4. The van der Waals surface area contributed by atoms with Crippen LogP contribution in [0.25, 0.3) is 10.8 Å². The average Bonchev–Trinajstić information content (AvgIpc) is 3.21. The zero-order chi connectivity index (χ0) is 19.8. The van der Waals surface area contributed by atoms with Crippen LogP contribution in [-0.2, 0) is 0 Å². The maximum Gasteiger partial charge on any atom is 0.358 e. The molecule has 0 saturated carbocycles. The lowest BCUT2D eigenvalue weighted by atomic mass is 10.0. The Morgan fingerprint density at radius 2 is 2.00 bits per heavy atom. The molecular formula is C19H19N5O4. The molecule has 1 amide bonds. The smallest absolute Gasteiger partial charge is 0.358 e. The van der Waals surface area contributed by atoms with Crippen LogP contribution in [0.5, 0.6) is 0 Å². The fourth-order valence-corrected chi connectivity index (χ4v) is 3.70. The number of pyridine rings is 1. The van der Waals surface area contributed by atoms with Gasteiger partial charge >= 0.3 is 5.97 Å². The second-order valence-corrected chi connectivity index (χ2v) is 6.94. The average molecular weight is 381 g/mol. The molecule has 1 atom stereocenters. The summed E-state index contributed by atoms with van der Waals surface area (Å²) in [4.78, 5) is 40.9. The van der Waals surface area contributed by atoms with Crippen LogP contribution in [0.2, 0.25) is 0 Å². The number of hydrogen-bond donors (Lipinski definition) is 2. The fourth-order valence-electron chi connectivity index (χ4n) is 3.70. The number of likely N-dealkylation sites (tertiary alicyclic amines) is 1. The number of fused-ring (bicyclic) bond motifs is 1. The Morgan fingerprint density at radius 3 is 2.71 bits per heavy atom. The summed E-state index contributed by atoms with van der Waals surface area (Å²) in [7, 11) is 0. The lowest BCUT2D eigenvalue weighted by molar-refractivity contribution is 0.0660. The van der Waals surface area contributed by atoms with Gasteiger partial charge in [0.1, 0.15) is 5.69 Å². The number of aryl methyl sites for hydroxylation is 1. The summed E-state index contributed by atoms with van der Waals surface area (Å²) in [6, 6.07) is 7.03. The van der Waals surface area contributed by atoms with E-state index in [-0.39, 0.29) is 28.9 Å². The summed E-state index contributed by atoms with van der Waals surface area (Å²) in [5, 5.41) is 17.9. The summed E-state index contributed by atoms with van der Waals surface area (Å²) < 4.78 is 1.50. The molecule has 28 heavy (non-hydrogen) atoms. The Hall–Kier alpha value is -3.49. The van der Waals surface area contributed by atoms with Gasteiger partial charge in [-0.1, -0.05) is 23.4 Å². The van der Waals surface area contributed by atoms with E-state index in [4.69, 9.17) is 5.11 Å². The van der Waals surface area contributed by atoms with Crippen LogP contribution >= 0.6 is 0 Å². The van der Waals surface area contributed by atoms with E-state index < -0.39 is 5.97 Å². The molecule has 9 heteroatoms. The maximum absolute atomic E-state index is 13.1. The summed E-state index contributed by atoms with van der Waals surface area (Å²) in [6.07, 6.45) is 2.89. The van der Waals surface area contributed by atoms with E-state index in [0.29, 0.717) is 18.5 Å². The molecule has 9 nitrogen and oxygen atoms in total. The van der Waals surface area contributed by atoms with Crippen molar-refractivity contribution in [3.05, 3.63) is 57.8 Å². The molecule has 2 aromatic heterocycles. The number of H-pyrrole nitrogens is 1. The van der Waals surface area contributed by atoms with Gasteiger partial charge in [-0.15, -0.1) is 5.10 Å². The number of piperidine rings is 1. The van der Waals surface area contributed by atoms with Gasteiger partial charge in [0.2, 0.25) is 0 Å². The highest BCUT2D eigenvalue weighted by Gasteiger charge is 2.28. The van der Waals surface area contributed by atoms with Crippen molar-refractivity contribution in [2.75, 3.05) is 13.1 Å². The largest absolute Gasteiger partial charge is 0.476 e. The molecule has 2 N–H and O–H groups in total. The molecule has 4 rings (SSSR count). The second-order valence-electron chi connectivity index (χ2n) is 6.94. The van der Waals surface area contributed by atoms with Crippen molar-refractivity contribution in [2.24, 2.45) is 0 Å². The molecule has 144 valence electrons. The monoisotopic (exact) mass is 381 g/mol. The SMILES string of the molecule is Cc1c(C(=O)N2CCCC(n3cc(C(=O)O)nn3)C2)[nH]c(=O)c2ccccc12. The minimum absolute atomic E-state index is 0.127. The molecule has 1 fully saturated rings. The first-order valence-electron chi connectivity index (χ1n) is 9.01. The predicted octanol–water partition coefficient (Wildman–Crippen LogP) is 1.60. The number of carboxylic acid groups (broad SMARTS) is 1. The first-order chi connectivity index (χ1) is 13.5. The zero-order valence-electron chi connectivity index (χ0n) is 15.3. The van der Waals surface area contributed by atoms with E-state index in [1.807, 2.05) is 19.1 Å². The van der Waals surface area contributed by atoms with E-state index >= 15 is 0 Å². The van der Waals surface area contributed by atoms with Gasteiger partial charge in [-0.25, -0.2) is 9.48 Å². The maximum atomic E-state index is 13.1. The minimum atomic E-state index is -1.14. The van der Waals surface area contributed by atoms with Crippen molar-refractivity contribution >= 4 is 22.6 Å². The van der Waals surface area contributed by atoms with Crippen LogP contribution in [0.15, 0.2) is 35.3 Å². The number of rotatable bonds is 3. The van der Waals surface area contributed by atoms with Crippen LogP contribution in [0, 0.1) is 6.92 Å². The number of carboxylic acids is 1. The van der Waals surface area contributed by atoms with Crippen molar-refractivity contribution in [3.8, 4) is 0 Å². The van der Waals surface area contributed by atoms with Gasteiger partial charge in [-0.2, -0.15) is 0 Å². The molecule has 0 spiro atoms. The second kappa shape index (κ2) is 6.91. The van der Waals surface area contributed by atoms with Crippen LogP contribution in [-0.4, -0.2) is 55.0 Å². The van der Waals surface area contributed by atoms with Gasteiger partial charge < -0.3 is 15.0 Å². The van der Waals surface area contributed by atoms with E-state index in [1.165, 1.54) is 10.9 Å². The quantitative estimate of drug-likeness (QED) is 0.711. The molecule has 3 aromatic rings. The van der Waals surface area contributed by atoms with Crippen molar-refractivity contribution in [1.29, 1.82) is 0 Å². The Kier molecular flexibility index (Phi) is 4.42.